The van der Waals surface area contributed by atoms with Crippen LogP contribution in [-0.4, -0.2) is 63.3 Å². The standard InChI is InChI=1S/C35H29N7O4.CH17P13/c1-17(43)27-14-21-18-8-11-40(30(18)5-2-24(21)37-27)33(44)28-15-22-19-9-12-41(31(19)6-3-25(22)38-28)34(45)29-16-23-20-10-13-42(35(36)46)32(20)7-4-26(23)39-29;2-10(3)1(11(4)5)12(13(6)7)14(8)9/h2-7,14-16,37-39H,8-13H2,1H3,(H2,36,46);1H,2-9H2/i;1D. The molecule has 3 aliphatic heterocycles. The van der Waals surface area contributed by atoms with Crippen molar-refractivity contribution in [2.75, 3.05) is 34.3 Å². The second-order valence-corrected chi connectivity index (χ2v) is 52.5. The Morgan fingerprint density at radius 3 is 1.28 bits per heavy atom. The van der Waals surface area contributed by atoms with Gasteiger partial charge >= 0.3 is 6.03 Å². The van der Waals surface area contributed by atoms with Crippen LogP contribution in [0.15, 0.2) is 54.6 Å². The summed E-state index contributed by atoms with van der Waals surface area (Å²) in [5.41, 5.74) is 15.3. The molecule has 9 rings (SSSR count). The molecule has 11 nitrogen and oxygen atoms in total. The zero-order chi connectivity index (χ0) is 43.8. The van der Waals surface area contributed by atoms with Crippen LogP contribution in [0.2, 0.25) is 0 Å². The lowest BCUT2D eigenvalue weighted by atomic mass is 10.1. The van der Waals surface area contributed by atoms with Gasteiger partial charge < -0.3 is 30.5 Å². The van der Waals surface area contributed by atoms with Crippen molar-refractivity contribution in [3.63, 3.8) is 0 Å². The molecule has 6 aromatic rings. The topological polar surface area (TPSA) is 151 Å². The second kappa shape index (κ2) is 18.9. The van der Waals surface area contributed by atoms with Gasteiger partial charge in [-0.1, -0.05) is 14.6 Å². The number of ketones is 1. The first-order valence-corrected chi connectivity index (χ1v) is 39.6. The summed E-state index contributed by atoms with van der Waals surface area (Å²) >= 11 is 0. The van der Waals surface area contributed by atoms with Gasteiger partial charge in [0.05, 0.1) is 5.69 Å². The number of anilines is 3. The average Bonchev–Trinajstić information content (AvgIpc) is 4.05. The number of carbonyl (C=O) groups excluding carboxylic acids is 4. The molecule has 0 spiro atoms. The van der Waals surface area contributed by atoms with Gasteiger partial charge in [0, 0.05) is 82.8 Å². The van der Waals surface area contributed by atoms with Gasteiger partial charge in [-0.2, -0.15) is 0 Å². The molecule has 0 saturated carbocycles. The minimum atomic E-state index is -0.479. The van der Waals surface area contributed by atoms with Crippen LogP contribution in [0.5, 0.6) is 0 Å². The summed E-state index contributed by atoms with van der Waals surface area (Å²) in [7, 11) is 22.1. The first kappa shape index (κ1) is 44.9. The summed E-state index contributed by atoms with van der Waals surface area (Å²) in [6.45, 7) is 2.79. The summed E-state index contributed by atoms with van der Waals surface area (Å²) in [5, 5.41) is 2.57. The van der Waals surface area contributed by atoms with E-state index in [1.165, 1.54) is 6.92 Å². The Bertz CT molecular complexity index is 2760. The summed E-state index contributed by atoms with van der Waals surface area (Å²) in [6.07, 6.45) is 2.06. The highest BCUT2D eigenvalue weighted by Crippen LogP contribution is 3.05. The zero-order valence-corrected chi connectivity index (χ0v) is 46.1. The van der Waals surface area contributed by atoms with Crippen molar-refractivity contribution in [1.82, 2.24) is 15.0 Å². The van der Waals surface area contributed by atoms with Crippen LogP contribution < -0.4 is 20.4 Å². The fraction of sp³-hybridized carbons (Fsp3) is 0.222. The highest BCUT2D eigenvalue weighted by atomic mass is 33.0. The molecule has 8 atom stereocenters. The number of carbonyl (C=O) groups is 4. The minimum Gasteiger partial charge on any atom is -0.352 e. The lowest BCUT2D eigenvalue weighted by Crippen LogP contribution is -2.33. The number of primary amides is 1. The molecule has 0 radical (unpaired) electrons. The van der Waals surface area contributed by atoms with E-state index in [0.29, 0.717) is 56.0 Å². The number of hydrogen-bond donors (Lipinski definition) is 4. The fourth-order valence-electron chi connectivity index (χ4n) is 8.36. The fourth-order valence-corrected chi connectivity index (χ4v) is 80.9. The van der Waals surface area contributed by atoms with Gasteiger partial charge in [0.25, 0.3) is 11.8 Å². The van der Waals surface area contributed by atoms with Gasteiger partial charge in [0.2, 0.25) is 0 Å². The molecule has 3 aromatic carbocycles. The first-order chi connectivity index (χ1) is 28.9. The van der Waals surface area contributed by atoms with Crippen molar-refractivity contribution in [2.45, 2.75) is 31.3 Å². The summed E-state index contributed by atoms with van der Waals surface area (Å²) < 4.78 is 8.83. The predicted octanol–water partition coefficient (Wildman–Crippen LogP) is 12.0. The SMILES string of the molecule is CC(=O)c1cc2c3c(ccc2[nH]1)N(C(=O)c1cc2c4c(ccc2[nH]1)N(C(=O)c1cc2c5c(ccc2[nH]1)N(C(N)=O)CC5)CC4)CC3.[2H]C(P(P)P)(P(P)P)P(P(P)P)P(P)P. The predicted molar refractivity (Wildman–Crippen MR) is 292 cm³/mol. The van der Waals surface area contributed by atoms with Gasteiger partial charge in [-0.15, -0.1) is 71.4 Å². The zero-order valence-electron chi connectivity index (χ0n) is 33.3. The Balaban J connectivity index is 0.000000295. The van der Waals surface area contributed by atoms with E-state index in [1.54, 1.807) is 14.7 Å². The number of nitrogens with zero attached hydrogens (tertiary/aromatic N) is 3. The van der Waals surface area contributed by atoms with E-state index in [9.17, 15) is 19.2 Å². The van der Waals surface area contributed by atoms with Gasteiger partial charge in [-0.25, -0.2) is 4.79 Å². The first-order valence-electron chi connectivity index (χ1n) is 19.1. The van der Waals surface area contributed by atoms with E-state index in [4.69, 9.17) is 7.10 Å². The second-order valence-electron chi connectivity index (χ2n) is 14.5. The molecule has 24 heteroatoms. The maximum Gasteiger partial charge on any atom is 0.319 e. The van der Waals surface area contributed by atoms with Crippen LogP contribution in [0.1, 0.15) is 56.5 Å². The van der Waals surface area contributed by atoms with E-state index in [-0.39, 0.29) is 44.0 Å². The van der Waals surface area contributed by atoms with Crippen molar-refractivity contribution in [2.24, 2.45) is 5.73 Å². The Morgan fingerprint density at radius 2 is 0.950 bits per heavy atom. The van der Waals surface area contributed by atoms with E-state index >= 15 is 0 Å². The number of H-pyrrole nitrogens is 3. The third kappa shape index (κ3) is 8.76. The molecule has 0 fully saturated rings. The molecule has 5 N–H and O–H groups in total. The quantitative estimate of drug-likeness (QED) is 0.0886. The van der Waals surface area contributed by atoms with E-state index in [1.807, 2.05) is 54.6 Å². The number of fused-ring (bicyclic) bond motifs is 9. The number of benzene rings is 3. The van der Waals surface area contributed by atoms with Gasteiger partial charge in [-0.05, 0) is 112 Å². The lowest BCUT2D eigenvalue weighted by molar-refractivity contribution is 0.0978. The van der Waals surface area contributed by atoms with Crippen LogP contribution in [0, 0.1) is 0 Å². The molecule has 0 bridgehead atoms. The summed E-state index contributed by atoms with van der Waals surface area (Å²) in [6, 6.07) is 16.7. The van der Waals surface area contributed by atoms with Crippen molar-refractivity contribution >= 4 is 181 Å². The molecule has 0 aliphatic carbocycles. The molecular formula is C36H46N7O4P13. The number of aromatic nitrogens is 3. The van der Waals surface area contributed by atoms with E-state index in [0.717, 1.165) is 66.5 Å². The number of amides is 4. The molecule has 8 unspecified atom stereocenters. The van der Waals surface area contributed by atoms with E-state index in [2.05, 4.69) is 86.4 Å². The van der Waals surface area contributed by atoms with Crippen molar-refractivity contribution in [1.29, 1.82) is 0 Å². The number of nitrogens with one attached hydrogen (secondary N) is 3. The number of rotatable bonds is 8. The van der Waals surface area contributed by atoms with Gasteiger partial charge in [-0.3, -0.25) is 19.3 Å². The lowest BCUT2D eigenvalue weighted by Gasteiger charge is -2.37. The van der Waals surface area contributed by atoms with Crippen LogP contribution in [0.4, 0.5) is 21.9 Å². The largest absolute Gasteiger partial charge is 0.352 e. The van der Waals surface area contributed by atoms with Crippen LogP contribution in [-0.2, 0) is 19.3 Å². The number of hydrogen-bond acceptors (Lipinski definition) is 4. The number of aromatic amines is 3. The number of nitrogens with two attached hydrogens (primary N) is 1. The summed E-state index contributed by atoms with van der Waals surface area (Å²) in [4.78, 5) is 66.4. The molecule has 60 heavy (non-hydrogen) atoms. The molecule has 3 aromatic heterocycles. The molecule has 4 amide bonds. The smallest absolute Gasteiger partial charge is 0.319 e. The van der Waals surface area contributed by atoms with Crippen molar-refractivity contribution < 1.29 is 20.5 Å². The Hall–Kier alpha value is -0.250. The third-order valence-electron chi connectivity index (χ3n) is 11.0. The highest BCUT2D eigenvalue weighted by Gasteiger charge is 2.34. The highest BCUT2D eigenvalue weighted by molar-refractivity contribution is 8.99. The average molecular weight is 1040 g/mol. The Kier molecular flexibility index (Phi) is 14.2. The summed E-state index contributed by atoms with van der Waals surface area (Å²) in [5.74, 6) is -0.265. The van der Waals surface area contributed by atoms with Crippen LogP contribution >= 0.6 is 107 Å². The van der Waals surface area contributed by atoms with Crippen LogP contribution in [0.25, 0.3) is 32.7 Å². The molecular weight excluding hydrogens is 997 g/mol. The molecule has 0 saturated heterocycles. The molecule has 314 valence electrons. The Labute approximate surface area is 373 Å². The maximum atomic E-state index is 13.8. The maximum absolute atomic E-state index is 13.8. The van der Waals surface area contributed by atoms with Crippen molar-refractivity contribution in [3.8, 4) is 0 Å². The van der Waals surface area contributed by atoms with Gasteiger partial charge in [0.15, 0.2) is 5.78 Å². The van der Waals surface area contributed by atoms with Crippen LogP contribution in [0.3, 0.4) is 0 Å². The molecule has 3 aliphatic rings. The third-order valence-corrected chi connectivity index (χ3v) is 50.2. The van der Waals surface area contributed by atoms with Crippen molar-refractivity contribution in [3.05, 3.63) is 88.4 Å². The van der Waals surface area contributed by atoms with E-state index < -0.39 is 20.6 Å². The number of Topliss-reactive ketones (excluding diaryl/α,β-unsaturated/α-hetero) is 1. The monoisotopic (exact) mass is 1040 g/mol. The van der Waals surface area contributed by atoms with Gasteiger partial charge in [0.1, 0.15) is 11.4 Å². The molecule has 6 heterocycles. The number of urea groups is 1. The Morgan fingerprint density at radius 1 is 0.600 bits per heavy atom. The minimum absolute atomic E-state index is 0.0237. The normalized spacial score (nSPS) is 15.2.